The minimum Gasteiger partial charge on any atom is -0.494 e. The van der Waals surface area contributed by atoms with Crippen LogP contribution in [-0.4, -0.2) is 19.7 Å². The molecule has 0 aliphatic heterocycles. The summed E-state index contributed by atoms with van der Waals surface area (Å²) in [6.45, 7) is 3.61. The zero-order valence-electron chi connectivity index (χ0n) is 10.1. The molecule has 0 amide bonds. The van der Waals surface area contributed by atoms with Crippen LogP contribution in [0.3, 0.4) is 0 Å². The summed E-state index contributed by atoms with van der Waals surface area (Å²) in [5, 5.41) is 0. The van der Waals surface area contributed by atoms with Crippen molar-refractivity contribution < 1.29 is 18.7 Å². The van der Waals surface area contributed by atoms with E-state index in [0.717, 1.165) is 0 Å². The minimum atomic E-state index is -0.559. The molecular weight excluding hydrogens is 223 g/mol. The number of carbonyl (C=O) groups excluding carboxylic acids is 1. The lowest BCUT2D eigenvalue weighted by Gasteiger charge is -2.10. The molecule has 1 aromatic rings. The Balaban J connectivity index is 3.18. The van der Waals surface area contributed by atoms with Crippen LogP contribution in [0.15, 0.2) is 24.3 Å². The predicted octanol–water partition coefficient (Wildman–Crippen LogP) is 2.80. The smallest absolute Gasteiger partial charge is 0.338 e. The Morgan fingerprint density at radius 2 is 2.18 bits per heavy atom. The summed E-state index contributed by atoms with van der Waals surface area (Å²) in [5.74, 6) is -0.996. The van der Waals surface area contributed by atoms with Crippen LogP contribution < -0.4 is 4.74 Å². The molecule has 3 nitrogen and oxygen atoms in total. The van der Waals surface area contributed by atoms with Crippen molar-refractivity contribution in [3.8, 4) is 5.75 Å². The van der Waals surface area contributed by atoms with Crippen molar-refractivity contribution >= 4 is 11.5 Å². The molecule has 1 rings (SSSR count). The fourth-order valence-corrected chi connectivity index (χ4v) is 1.47. The standard InChI is InChI=1S/C13H15FO3/c1-4-9(13(15)17-5-2)10-7-6-8-11(16-3)12(10)14/h4,6-8H,5H2,1-3H3/b9-4-. The Kier molecular flexibility index (Phi) is 4.69. The van der Waals surface area contributed by atoms with Gasteiger partial charge >= 0.3 is 5.97 Å². The SMILES string of the molecule is C/C=C(\C(=O)OCC)c1cccc(OC)c1F. The third-order valence-electron chi connectivity index (χ3n) is 2.26. The highest BCUT2D eigenvalue weighted by Gasteiger charge is 2.18. The average molecular weight is 238 g/mol. The van der Waals surface area contributed by atoms with E-state index in [9.17, 15) is 9.18 Å². The zero-order valence-corrected chi connectivity index (χ0v) is 10.1. The van der Waals surface area contributed by atoms with E-state index >= 15 is 0 Å². The molecule has 0 aromatic heterocycles. The van der Waals surface area contributed by atoms with Crippen LogP contribution in [0.2, 0.25) is 0 Å². The van der Waals surface area contributed by atoms with Gasteiger partial charge in [-0.2, -0.15) is 0 Å². The number of allylic oxidation sites excluding steroid dienone is 1. The normalized spacial score (nSPS) is 11.2. The van der Waals surface area contributed by atoms with E-state index in [1.165, 1.54) is 25.3 Å². The molecule has 4 heteroatoms. The number of rotatable bonds is 4. The zero-order chi connectivity index (χ0) is 12.8. The highest BCUT2D eigenvalue weighted by molar-refractivity contribution is 6.16. The largest absolute Gasteiger partial charge is 0.494 e. The molecule has 0 bridgehead atoms. The van der Waals surface area contributed by atoms with Gasteiger partial charge in [0.2, 0.25) is 0 Å². The van der Waals surface area contributed by atoms with E-state index in [2.05, 4.69) is 0 Å². The van der Waals surface area contributed by atoms with Gasteiger partial charge in [-0.1, -0.05) is 18.2 Å². The maximum Gasteiger partial charge on any atom is 0.338 e. The van der Waals surface area contributed by atoms with E-state index < -0.39 is 11.8 Å². The quantitative estimate of drug-likeness (QED) is 0.597. The van der Waals surface area contributed by atoms with Gasteiger partial charge in [-0.25, -0.2) is 9.18 Å². The highest BCUT2D eigenvalue weighted by atomic mass is 19.1. The second-order valence-electron chi connectivity index (χ2n) is 3.24. The summed E-state index contributed by atoms with van der Waals surface area (Å²) in [7, 11) is 1.38. The van der Waals surface area contributed by atoms with E-state index in [1.54, 1.807) is 19.9 Å². The Morgan fingerprint density at radius 3 is 2.71 bits per heavy atom. The van der Waals surface area contributed by atoms with Gasteiger partial charge in [0.1, 0.15) is 0 Å². The number of ether oxygens (including phenoxy) is 2. The van der Waals surface area contributed by atoms with Gasteiger partial charge in [0, 0.05) is 5.56 Å². The number of benzene rings is 1. The maximum atomic E-state index is 13.9. The molecule has 0 heterocycles. The average Bonchev–Trinajstić information content (AvgIpc) is 2.32. The second kappa shape index (κ2) is 6.03. The molecule has 0 saturated heterocycles. The molecule has 0 radical (unpaired) electrons. The van der Waals surface area contributed by atoms with Crippen molar-refractivity contribution in [1.29, 1.82) is 0 Å². The summed E-state index contributed by atoms with van der Waals surface area (Å²) in [6, 6.07) is 4.64. The summed E-state index contributed by atoms with van der Waals surface area (Å²) < 4.78 is 23.7. The molecule has 0 atom stereocenters. The number of halogens is 1. The van der Waals surface area contributed by atoms with Crippen LogP contribution in [0, 0.1) is 5.82 Å². The predicted molar refractivity (Wildman–Crippen MR) is 63.2 cm³/mol. The van der Waals surface area contributed by atoms with E-state index in [0.29, 0.717) is 0 Å². The molecule has 0 spiro atoms. The first-order valence-corrected chi connectivity index (χ1v) is 5.32. The third kappa shape index (κ3) is 2.84. The van der Waals surface area contributed by atoms with E-state index in [1.807, 2.05) is 0 Å². The lowest BCUT2D eigenvalue weighted by molar-refractivity contribution is -0.136. The fraction of sp³-hybridized carbons (Fsp3) is 0.308. The lowest BCUT2D eigenvalue weighted by Crippen LogP contribution is -2.08. The van der Waals surface area contributed by atoms with Gasteiger partial charge in [0.05, 0.1) is 19.3 Å². The summed E-state index contributed by atoms with van der Waals surface area (Å²) >= 11 is 0. The number of hydrogen-bond donors (Lipinski definition) is 0. The van der Waals surface area contributed by atoms with Crippen LogP contribution in [0.25, 0.3) is 5.57 Å². The molecule has 0 unspecified atom stereocenters. The van der Waals surface area contributed by atoms with E-state index in [-0.39, 0.29) is 23.5 Å². The van der Waals surface area contributed by atoms with Gasteiger partial charge in [-0.3, -0.25) is 0 Å². The minimum absolute atomic E-state index is 0.103. The number of carbonyl (C=O) groups is 1. The molecular formula is C13H15FO3. The molecule has 0 aliphatic rings. The van der Waals surface area contributed by atoms with Crippen LogP contribution in [0.1, 0.15) is 19.4 Å². The van der Waals surface area contributed by atoms with Gasteiger partial charge in [-0.15, -0.1) is 0 Å². The van der Waals surface area contributed by atoms with Gasteiger partial charge in [0.15, 0.2) is 11.6 Å². The highest BCUT2D eigenvalue weighted by Crippen LogP contribution is 2.26. The molecule has 17 heavy (non-hydrogen) atoms. The van der Waals surface area contributed by atoms with Crippen LogP contribution in [0.5, 0.6) is 5.75 Å². The summed E-state index contributed by atoms with van der Waals surface area (Å²) in [4.78, 5) is 11.6. The summed E-state index contributed by atoms with van der Waals surface area (Å²) in [5.41, 5.74) is 0.383. The van der Waals surface area contributed by atoms with Crippen molar-refractivity contribution in [2.24, 2.45) is 0 Å². The number of methoxy groups -OCH3 is 1. The van der Waals surface area contributed by atoms with Crippen molar-refractivity contribution in [3.63, 3.8) is 0 Å². The Hall–Kier alpha value is -1.84. The molecule has 0 saturated carbocycles. The first-order valence-electron chi connectivity index (χ1n) is 5.32. The molecule has 92 valence electrons. The molecule has 0 N–H and O–H groups in total. The van der Waals surface area contributed by atoms with Crippen molar-refractivity contribution in [3.05, 3.63) is 35.7 Å². The molecule has 0 aliphatic carbocycles. The second-order valence-corrected chi connectivity index (χ2v) is 3.24. The van der Waals surface area contributed by atoms with E-state index in [4.69, 9.17) is 9.47 Å². The van der Waals surface area contributed by atoms with Crippen molar-refractivity contribution in [1.82, 2.24) is 0 Å². The first-order chi connectivity index (χ1) is 8.15. The number of esters is 1. The molecule has 0 fully saturated rings. The van der Waals surface area contributed by atoms with Crippen molar-refractivity contribution in [2.45, 2.75) is 13.8 Å². The topological polar surface area (TPSA) is 35.5 Å². The van der Waals surface area contributed by atoms with Crippen LogP contribution in [-0.2, 0) is 9.53 Å². The van der Waals surface area contributed by atoms with Gasteiger partial charge in [-0.05, 0) is 19.9 Å². The van der Waals surface area contributed by atoms with Crippen molar-refractivity contribution in [2.75, 3.05) is 13.7 Å². The maximum absolute atomic E-state index is 13.9. The summed E-state index contributed by atoms with van der Waals surface area (Å²) in [6.07, 6.45) is 1.52. The fourth-order valence-electron chi connectivity index (χ4n) is 1.47. The molecule has 1 aromatic carbocycles. The Morgan fingerprint density at radius 1 is 1.47 bits per heavy atom. The third-order valence-corrected chi connectivity index (χ3v) is 2.26. The lowest BCUT2D eigenvalue weighted by atomic mass is 10.0. The van der Waals surface area contributed by atoms with Crippen LogP contribution >= 0.6 is 0 Å². The number of hydrogen-bond acceptors (Lipinski definition) is 3. The Labute approximate surface area is 99.9 Å². The monoisotopic (exact) mass is 238 g/mol. The van der Waals surface area contributed by atoms with Gasteiger partial charge in [0.25, 0.3) is 0 Å². The first kappa shape index (κ1) is 13.2. The van der Waals surface area contributed by atoms with Gasteiger partial charge < -0.3 is 9.47 Å². The van der Waals surface area contributed by atoms with Crippen LogP contribution in [0.4, 0.5) is 4.39 Å². The Bertz CT molecular complexity index is 438.